The largest absolute Gasteiger partial charge is 0.465 e. The normalized spacial score (nSPS) is 11.4. The predicted molar refractivity (Wildman–Crippen MR) is 101 cm³/mol. The van der Waals surface area contributed by atoms with Gasteiger partial charge in [-0.15, -0.1) is 0 Å². The third-order valence-corrected chi connectivity index (χ3v) is 5.61. The van der Waals surface area contributed by atoms with E-state index in [1.807, 2.05) is 6.92 Å². The van der Waals surface area contributed by atoms with Gasteiger partial charge in [0.1, 0.15) is 10.0 Å². The quantitative estimate of drug-likeness (QED) is 0.117. The first-order chi connectivity index (χ1) is 11.6. The van der Waals surface area contributed by atoms with Crippen molar-refractivity contribution in [3.63, 3.8) is 0 Å². The van der Waals surface area contributed by atoms with Gasteiger partial charge in [0, 0.05) is 0 Å². The van der Waals surface area contributed by atoms with Crippen LogP contribution in [0.25, 0.3) is 0 Å². The second-order valence-corrected chi connectivity index (χ2v) is 7.65. The van der Waals surface area contributed by atoms with Crippen molar-refractivity contribution in [1.82, 2.24) is 0 Å². The van der Waals surface area contributed by atoms with Crippen molar-refractivity contribution < 1.29 is 19.1 Å². The van der Waals surface area contributed by atoms with Crippen molar-refractivity contribution in [2.45, 2.75) is 40.0 Å². The summed E-state index contributed by atoms with van der Waals surface area (Å²) >= 11 is 29.8. The van der Waals surface area contributed by atoms with Crippen LogP contribution in [0, 0.1) is 5.41 Å². The molecule has 0 saturated carbocycles. The molecule has 0 aromatic heterocycles. The Morgan fingerprint density at radius 2 is 1.32 bits per heavy atom. The van der Waals surface area contributed by atoms with Gasteiger partial charge in [-0.1, -0.05) is 77.8 Å². The van der Waals surface area contributed by atoms with Gasteiger partial charge < -0.3 is 9.47 Å². The lowest BCUT2D eigenvalue weighted by molar-refractivity contribution is -0.164. The third-order valence-electron chi connectivity index (χ3n) is 3.37. The molecule has 0 spiro atoms. The number of hydrogen-bond donors (Lipinski definition) is 0. The maximum atomic E-state index is 12.4. The Kier molecular flexibility index (Phi) is 8.62. The molecule has 0 unspecified atom stereocenters. The first-order valence-electron chi connectivity index (χ1n) is 7.46. The summed E-state index contributed by atoms with van der Waals surface area (Å²) in [6, 6.07) is 0. The van der Waals surface area contributed by atoms with E-state index < -0.39 is 17.4 Å². The highest BCUT2D eigenvalue weighted by molar-refractivity contribution is 6.55. The zero-order valence-corrected chi connectivity index (χ0v) is 17.6. The monoisotopic (exact) mass is 448 g/mol. The summed E-state index contributed by atoms with van der Waals surface area (Å²) < 4.78 is 10.3. The van der Waals surface area contributed by atoms with Crippen LogP contribution in [-0.4, -0.2) is 18.5 Å². The van der Waals surface area contributed by atoms with E-state index in [4.69, 9.17) is 67.5 Å². The van der Waals surface area contributed by atoms with E-state index in [1.54, 1.807) is 0 Å². The molecule has 0 atom stereocenters. The van der Waals surface area contributed by atoms with Crippen LogP contribution < -0.4 is 4.74 Å². The lowest BCUT2D eigenvalue weighted by atomic mass is 9.94. The van der Waals surface area contributed by atoms with Gasteiger partial charge in [-0.25, -0.2) is 0 Å². The van der Waals surface area contributed by atoms with Gasteiger partial charge in [0.25, 0.3) is 0 Å². The number of carbonyl (C=O) groups excluding carboxylic acids is 2. The van der Waals surface area contributed by atoms with Crippen LogP contribution in [0.1, 0.15) is 40.0 Å². The highest BCUT2D eigenvalue weighted by Gasteiger charge is 2.40. The zero-order valence-electron chi connectivity index (χ0n) is 13.9. The molecule has 0 amide bonds. The van der Waals surface area contributed by atoms with Crippen LogP contribution in [0.15, 0.2) is 0 Å². The fraction of sp³-hybridized carbons (Fsp3) is 0.500. The van der Waals surface area contributed by atoms with Crippen LogP contribution in [-0.2, 0) is 14.3 Å². The fourth-order valence-electron chi connectivity index (χ4n) is 1.68. The Balaban J connectivity index is 2.96. The molecule has 1 aromatic carbocycles. The average Bonchev–Trinajstić information content (AvgIpc) is 2.58. The van der Waals surface area contributed by atoms with E-state index in [1.165, 1.54) is 13.8 Å². The molecule has 4 nitrogen and oxygen atoms in total. The molecule has 1 rings (SSSR count). The Labute approximate surface area is 171 Å². The number of esters is 2. The summed E-state index contributed by atoms with van der Waals surface area (Å²) in [5, 5.41) is -0.642. The van der Waals surface area contributed by atoms with Crippen molar-refractivity contribution in [3.05, 3.63) is 25.1 Å². The molecule has 0 bridgehead atoms. The van der Waals surface area contributed by atoms with Gasteiger partial charge in [-0.2, -0.15) is 0 Å². The summed E-state index contributed by atoms with van der Waals surface area (Å²) in [7, 11) is 0. The minimum Gasteiger partial charge on any atom is -0.465 e. The van der Waals surface area contributed by atoms with E-state index in [0.29, 0.717) is 6.42 Å². The highest BCUT2D eigenvalue weighted by atomic mass is 35.5. The molecule has 1 aromatic rings. The van der Waals surface area contributed by atoms with E-state index in [9.17, 15) is 9.59 Å². The number of hydrogen-bond acceptors (Lipinski definition) is 4. The molecule has 25 heavy (non-hydrogen) atoms. The second kappa shape index (κ2) is 9.52. The van der Waals surface area contributed by atoms with Gasteiger partial charge >= 0.3 is 11.9 Å². The molecular weight excluding hydrogens is 433 g/mol. The zero-order chi connectivity index (χ0) is 19.4. The maximum absolute atomic E-state index is 12.4. The third kappa shape index (κ3) is 5.30. The van der Waals surface area contributed by atoms with Gasteiger partial charge in [0.2, 0.25) is 0 Å². The van der Waals surface area contributed by atoms with E-state index in [-0.39, 0.29) is 37.5 Å². The number of ether oxygens (including phenoxy) is 2. The van der Waals surface area contributed by atoms with Gasteiger partial charge in [0.15, 0.2) is 11.2 Å². The lowest BCUT2D eigenvalue weighted by Gasteiger charge is -2.22. The van der Waals surface area contributed by atoms with Gasteiger partial charge in [-0.3, -0.25) is 9.59 Å². The van der Waals surface area contributed by atoms with Gasteiger partial charge in [0.05, 0.1) is 21.7 Å². The van der Waals surface area contributed by atoms with Crippen molar-refractivity contribution >= 4 is 69.9 Å². The SMILES string of the molecule is CCCCCOC(=O)C(C)(C)C(=O)Oc1c(Cl)c(Cl)c(Cl)c(Cl)c1Cl. The number of benzene rings is 1. The molecule has 140 valence electrons. The van der Waals surface area contributed by atoms with Crippen molar-refractivity contribution in [2.24, 2.45) is 5.41 Å². The van der Waals surface area contributed by atoms with E-state index in [2.05, 4.69) is 0 Å². The molecule has 0 aliphatic carbocycles. The smallest absolute Gasteiger partial charge is 0.328 e. The Morgan fingerprint density at radius 3 is 1.80 bits per heavy atom. The summed E-state index contributed by atoms with van der Waals surface area (Å²) in [6.45, 7) is 5.00. The minimum absolute atomic E-state index is 0.0623. The van der Waals surface area contributed by atoms with Crippen LogP contribution in [0.4, 0.5) is 0 Å². The van der Waals surface area contributed by atoms with Crippen LogP contribution in [0.5, 0.6) is 5.75 Å². The Hall–Kier alpha value is -0.390. The standard InChI is InChI=1S/C16H17Cl5O4/c1-4-5-6-7-24-14(22)16(2,3)15(23)25-13-11(20)9(18)8(17)10(19)12(13)21/h4-7H2,1-3H3. The predicted octanol–water partition coefficient (Wildman–Crippen LogP) is 6.62. The fourth-order valence-corrected chi connectivity index (χ4v) is 2.87. The summed E-state index contributed by atoms with van der Waals surface area (Å²) in [5.74, 6) is -1.89. The molecule has 0 aliphatic heterocycles. The summed E-state index contributed by atoms with van der Waals surface area (Å²) in [4.78, 5) is 24.6. The van der Waals surface area contributed by atoms with Crippen molar-refractivity contribution in [2.75, 3.05) is 6.61 Å². The Bertz CT molecular complexity index is 644. The van der Waals surface area contributed by atoms with Crippen LogP contribution in [0.2, 0.25) is 25.1 Å². The van der Waals surface area contributed by atoms with Crippen LogP contribution >= 0.6 is 58.0 Å². The molecule has 0 N–H and O–H groups in total. The first kappa shape index (κ1) is 22.7. The number of halogens is 5. The number of rotatable bonds is 7. The molecule has 0 radical (unpaired) electrons. The highest BCUT2D eigenvalue weighted by Crippen LogP contribution is 2.48. The molecule has 0 aliphatic rings. The van der Waals surface area contributed by atoms with E-state index >= 15 is 0 Å². The second-order valence-electron chi connectivity index (χ2n) is 5.76. The van der Waals surface area contributed by atoms with Crippen molar-refractivity contribution in [3.8, 4) is 5.75 Å². The molecular formula is C16H17Cl5O4. The summed E-state index contributed by atoms with van der Waals surface area (Å²) in [5.41, 5.74) is -1.57. The number of carbonyl (C=O) groups is 2. The molecule has 0 fully saturated rings. The minimum atomic E-state index is -1.57. The molecule has 0 saturated heterocycles. The number of unbranched alkanes of at least 4 members (excludes halogenated alkanes) is 2. The lowest BCUT2D eigenvalue weighted by Crippen LogP contribution is -2.38. The average molecular weight is 451 g/mol. The van der Waals surface area contributed by atoms with Crippen LogP contribution in [0.3, 0.4) is 0 Å². The maximum Gasteiger partial charge on any atom is 0.328 e. The van der Waals surface area contributed by atoms with E-state index in [0.717, 1.165) is 12.8 Å². The van der Waals surface area contributed by atoms with Gasteiger partial charge in [-0.05, 0) is 20.3 Å². The molecule has 9 heteroatoms. The summed E-state index contributed by atoms with van der Waals surface area (Å²) in [6.07, 6.45) is 2.62. The topological polar surface area (TPSA) is 52.6 Å². The molecule has 0 heterocycles. The Morgan fingerprint density at radius 1 is 0.840 bits per heavy atom. The first-order valence-corrected chi connectivity index (χ1v) is 9.35. The van der Waals surface area contributed by atoms with Crippen molar-refractivity contribution in [1.29, 1.82) is 0 Å².